The molecule has 1 N–H and O–H groups in total. The number of benzene rings is 1. The van der Waals surface area contributed by atoms with Crippen molar-refractivity contribution in [3.05, 3.63) is 24.3 Å². The molecule has 1 atom stereocenters. The second kappa shape index (κ2) is 8.65. The van der Waals surface area contributed by atoms with Crippen LogP contribution in [0.25, 0.3) is 0 Å². The molecule has 0 saturated carbocycles. The molecule has 7 nitrogen and oxygen atoms in total. The zero-order valence-corrected chi connectivity index (χ0v) is 14.4. The van der Waals surface area contributed by atoms with Crippen LogP contribution in [-0.2, 0) is 14.3 Å². The fourth-order valence-corrected chi connectivity index (χ4v) is 2.55. The Morgan fingerprint density at radius 2 is 2.25 bits per heavy atom. The van der Waals surface area contributed by atoms with Crippen LogP contribution in [0.2, 0.25) is 0 Å². The minimum Gasteiger partial charge on any atom is -0.497 e. The monoisotopic (exact) mass is 335 g/mol. The molecule has 2 amide bonds. The number of carbonyl (C=O) groups excluding carboxylic acids is 2. The van der Waals surface area contributed by atoms with Gasteiger partial charge in [-0.05, 0) is 19.1 Å². The van der Waals surface area contributed by atoms with Gasteiger partial charge < -0.3 is 19.7 Å². The second-order valence-corrected chi connectivity index (χ2v) is 5.95. The molecule has 1 fully saturated rings. The number of hydrogen-bond donors (Lipinski definition) is 1. The van der Waals surface area contributed by atoms with E-state index in [-0.39, 0.29) is 24.5 Å². The highest BCUT2D eigenvalue weighted by atomic mass is 16.5. The molecule has 2 rings (SSSR count). The molecule has 1 unspecified atom stereocenters. The lowest BCUT2D eigenvalue weighted by molar-refractivity contribution is -0.135. The molecular formula is C17H25N3O4. The van der Waals surface area contributed by atoms with Crippen LogP contribution in [0.15, 0.2) is 24.3 Å². The van der Waals surface area contributed by atoms with E-state index in [4.69, 9.17) is 9.47 Å². The van der Waals surface area contributed by atoms with E-state index in [0.29, 0.717) is 24.6 Å². The fraction of sp³-hybridized carbons (Fsp3) is 0.529. The molecule has 132 valence electrons. The van der Waals surface area contributed by atoms with Crippen molar-refractivity contribution in [3.8, 4) is 5.75 Å². The van der Waals surface area contributed by atoms with E-state index >= 15 is 0 Å². The summed E-state index contributed by atoms with van der Waals surface area (Å²) in [4.78, 5) is 27.8. The van der Waals surface area contributed by atoms with Crippen molar-refractivity contribution in [3.63, 3.8) is 0 Å². The highest BCUT2D eigenvalue weighted by Gasteiger charge is 2.21. The number of carbonyl (C=O) groups is 2. The lowest BCUT2D eigenvalue weighted by atomic mass is 10.3. The van der Waals surface area contributed by atoms with Gasteiger partial charge in [0.2, 0.25) is 11.8 Å². The van der Waals surface area contributed by atoms with Gasteiger partial charge in [-0.1, -0.05) is 6.07 Å². The maximum atomic E-state index is 12.2. The third-order valence-electron chi connectivity index (χ3n) is 3.84. The van der Waals surface area contributed by atoms with Crippen molar-refractivity contribution in [2.24, 2.45) is 0 Å². The summed E-state index contributed by atoms with van der Waals surface area (Å²) in [6.45, 7) is 4.40. The van der Waals surface area contributed by atoms with Crippen LogP contribution in [-0.4, -0.2) is 74.7 Å². The van der Waals surface area contributed by atoms with Crippen LogP contribution in [0.5, 0.6) is 5.75 Å². The summed E-state index contributed by atoms with van der Waals surface area (Å²) < 4.78 is 10.6. The third-order valence-corrected chi connectivity index (χ3v) is 3.84. The molecule has 0 spiro atoms. The number of morpholine rings is 1. The van der Waals surface area contributed by atoms with Crippen molar-refractivity contribution in [2.75, 3.05) is 52.3 Å². The van der Waals surface area contributed by atoms with Gasteiger partial charge in [-0.25, -0.2) is 0 Å². The summed E-state index contributed by atoms with van der Waals surface area (Å²) in [5.41, 5.74) is 0.641. The van der Waals surface area contributed by atoms with Crippen molar-refractivity contribution in [1.82, 2.24) is 9.80 Å². The van der Waals surface area contributed by atoms with E-state index in [2.05, 4.69) is 5.32 Å². The van der Waals surface area contributed by atoms with Gasteiger partial charge in [0.05, 0.1) is 32.9 Å². The summed E-state index contributed by atoms with van der Waals surface area (Å²) in [6, 6.07) is 7.10. The van der Waals surface area contributed by atoms with E-state index in [1.165, 1.54) is 4.90 Å². The van der Waals surface area contributed by atoms with Gasteiger partial charge in [-0.3, -0.25) is 14.5 Å². The molecule has 24 heavy (non-hydrogen) atoms. The molecule has 7 heteroatoms. The Kier molecular flexibility index (Phi) is 6.57. The Balaban J connectivity index is 1.80. The first-order valence-corrected chi connectivity index (χ1v) is 7.99. The summed E-state index contributed by atoms with van der Waals surface area (Å²) in [7, 11) is 3.21. The Morgan fingerprint density at radius 1 is 1.46 bits per heavy atom. The number of likely N-dealkylation sites (N-methyl/N-ethyl adjacent to an activating group) is 1. The number of nitrogens with one attached hydrogen (secondary N) is 1. The molecule has 0 aromatic heterocycles. The van der Waals surface area contributed by atoms with Crippen LogP contribution >= 0.6 is 0 Å². The van der Waals surface area contributed by atoms with E-state index < -0.39 is 0 Å². The van der Waals surface area contributed by atoms with Crippen LogP contribution in [0, 0.1) is 0 Å². The zero-order chi connectivity index (χ0) is 17.5. The molecule has 0 radical (unpaired) electrons. The summed E-state index contributed by atoms with van der Waals surface area (Å²) in [5, 5.41) is 2.77. The minimum atomic E-state index is -0.241. The first-order chi connectivity index (χ1) is 11.5. The van der Waals surface area contributed by atoms with Crippen LogP contribution in [0.3, 0.4) is 0 Å². The van der Waals surface area contributed by atoms with Gasteiger partial charge in [0.15, 0.2) is 0 Å². The average molecular weight is 335 g/mol. The Morgan fingerprint density at radius 3 is 2.96 bits per heavy atom. The van der Waals surface area contributed by atoms with Gasteiger partial charge in [0.1, 0.15) is 5.75 Å². The topological polar surface area (TPSA) is 71.1 Å². The van der Waals surface area contributed by atoms with E-state index in [1.807, 2.05) is 11.8 Å². The smallest absolute Gasteiger partial charge is 0.243 e. The van der Waals surface area contributed by atoms with E-state index in [0.717, 1.165) is 13.1 Å². The lowest BCUT2D eigenvalue weighted by Gasteiger charge is -2.31. The highest BCUT2D eigenvalue weighted by molar-refractivity contribution is 5.94. The summed E-state index contributed by atoms with van der Waals surface area (Å²) in [5.74, 6) is 0.345. The van der Waals surface area contributed by atoms with Crippen LogP contribution < -0.4 is 10.1 Å². The SMILES string of the molecule is COc1cccc(NC(=O)CN(C)C(=O)CN2CCOC(C)C2)c1. The second-order valence-electron chi connectivity index (χ2n) is 5.95. The molecule has 1 heterocycles. The standard InChI is InChI=1S/C17H25N3O4/c1-13-10-20(7-8-24-13)12-17(22)19(2)11-16(21)18-14-5-4-6-15(9-14)23-3/h4-6,9,13H,7-8,10-12H2,1-3H3,(H,18,21). The van der Waals surface area contributed by atoms with Crippen molar-refractivity contribution >= 4 is 17.5 Å². The minimum absolute atomic E-state index is 0.00986. The Bertz CT molecular complexity index is 579. The molecule has 1 aromatic rings. The van der Waals surface area contributed by atoms with Gasteiger partial charge >= 0.3 is 0 Å². The van der Waals surface area contributed by atoms with E-state index in [1.54, 1.807) is 38.4 Å². The van der Waals surface area contributed by atoms with Gasteiger partial charge in [0, 0.05) is 31.9 Å². The fourth-order valence-electron chi connectivity index (χ4n) is 2.55. The van der Waals surface area contributed by atoms with Crippen LogP contribution in [0.1, 0.15) is 6.92 Å². The van der Waals surface area contributed by atoms with E-state index in [9.17, 15) is 9.59 Å². The lowest BCUT2D eigenvalue weighted by Crippen LogP contribution is -2.47. The number of rotatable bonds is 6. The number of hydrogen-bond acceptors (Lipinski definition) is 5. The quantitative estimate of drug-likeness (QED) is 0.833. The highest BCUT2D eigenvalue weighted by Crippen LogP contribution is 2.16. The summed E-state index contributed by atoms with van der Waals surface area (Å²) in [6.07, 6.45) is 0.133. The van der Waals surface area contributed by atoms with Gasteiger partial charge in [0.25, 0.3) is 0 Å². The number of methoxy groups -OCH3 is 1. The predicted molar refractivity (Wildman–Crippen MR) is 91.1 cm³/mol. The average Bonchev–Trinajstić information content (AvgIpc) is 2.54. The number of amides is 2. The molecule has 0 aliphatic carbocycles. The zero-order valence-electron chi connectivity index (χ0n) is 14.4. The van der Waals surface area contributed by atoms with Crippen molar-refractivity contribution < 1.29 is 19.1 Å². The van der Waals surface area contributed by atoms with Crippen LogP contribution in [0.4, 0.5) is 5.69 Å². The maximum absolute atomic E-state index is 12.2. The Hall–Kier alpha value is -2.12. The van der Waals surface area contributed by atoms with Gasteiger partial charge in [-0.15, -0.1) is 0 Å². The molecular weight excluding hydrogens is 310 g/mol. The molecule has 1 saturated heterocycles. The largest absolute Gasteiger partial charge is 0.497 e. The summed E-state index contributed by atoms with van der Waals surface area (Å²) >= 11 is 0. The maximum Gasteiger partial charge on any atom is 0.243 e. The first-order valence-electron chi connectivity index (χ1n) is 7.99. The van der Waals surface area contributed by atoms with Gasteiger partial charge in [-0.2, -0.15) is 0 Å². The number of nitrogens with zero attached hydrogens (tertiary/aromatic N) is 2. The molecule has 0 bridgehead atoms. The third kappa shape index (κ3) is 5.50. The predicted octanol–water partition coefficient (Wildman–Crippen LogP) is 0.813. The Labute approximate surface area is 142 Å². The first kappa shape index (κ1) is 18.2. The van der Waals surface area contributed by atoms with Crippen molar-refractivity contribution in [1.29, 1.82) is 0 Å². The number of anilines is 1. The molecule has 1 aromatic carbocycles. The molecule has 1 aliphatic rings. The number of ether oxygens (including phenoxy) is 2. The van der Waals surface area contributed by atoms with Crippen molar-refractivity contribution in [2.45, 2.75) is 13.0 Å². The normalized spacial score (nSPS) is 18.0. The molecule has 1 aliphatic heterocycles.